The Bertz CT molecular complexity index is 1460. The Morgan fingerprint density at radius 3 is 2.46 bits per heavy atom. The maximum atomic E-state index is 15.3. The highest BCUT2D eigenvalue weighted by molar-refractivity contribution is 5.98. The second kappa shape index (κ2) is 9.54. The molecule has 6 rings (SSSR count). The van der Waals surface area contributed by atoms with E-state index in [2.05, 4.69) is 54.8 Å². The molecule has 0 bridgehead atoms. The fraction of sp³-hybridized carbons (Fsp3) is 0.464. The van der Waals surface area contributed by atoms with Crippen molar-refractivity contribution in [1.29, 1.82) is 0 Å². The summed E-state index contributed by atoms with van der Waals surface area (Å²) in [5, 5.41) is 3.87. The van der Waals surface area contributed by atoms with Crippen LogP contribution in [-0.2, 0) is 4.79 Å². The minimum absolute atomic E-state index is 0.0143. The molecule has 0 spiro atoms. The lowest BCUT2D eigenvalue weighted by Gasteiger charge is -2.30. The molecule has 194 valence electrons. The van der Waals surface area contributed by atoms with Crippen LogP contribution in [0.5, 0.6) is 0 Å². The Hall–Kier alpha value is -3.30. The number of anilines is 1. The van der Waals surface area contributed by atoms with Gasteiger partial charge in [0.15, 0.2) is 5.82 Å². The third-order valence-corrected chi connectivity index (χ3v) is 8.17. The van der Waals surface area contributed by atoms with Gasteiger partial charge in [0.05, 0.1) is 5.52 Å². The number of nitrogens with one attached hydrogen (secondary N) is 2. The first-order chi connectivity index (χ1) is 17.9. The molecular formula is C28H34FN7O. The number of fused-ring (bicyclic) bond motifs is 2. The summed E-state index contributed by atoms with van der Waals surface area (Å²) in [5.41, 5.74) is 3.60. The summed E-state index contributed by atoms with van der Waals surface area (Å²) in [6.45, 7) is 5.88. The number of aromatic amines is 1. The van der Waals surface area contributed by atoms with Crippen LogP contribution in [0.3, 0.4) is 0 Å². The predicted octanol–water partition coefficient (Wildman–Crippen LogP) is 4.57. The largest absolute Gasteiger partial charge is 0.345 e. The zero-order valence-corrected chi connectivity index (χ0v) is 21.7. The number of pyridine rings is 1. The predicted molar refractivity (Wildman–Crippen MR) is 144 cm³/mol. The Balaban J connectivity index is 1.30. The number of nitrogens with zero attached hydrogens (tertiary/aromatic N) is 5. The molecule has 0 radical (unpaired) electrons. The van der Waals surface area contributed by atoms with E-state index in [0.29, 0.717) is 23.0 Å². The first-order valence-corrected chi connectivity index (χ1v) is 13.2. The number of hydrogen-bond acceptors (Lipinski definition) is 5. The van der Waals surface area contributed by atoms with Crippen molar-refractivity contribution in [2.24, 2.45) is 5.92 Å². The summed E-state index contributed by atoms with van der Waals surface area (Å²) in [7, 11) is 4.23. The van der Waals surface area contributed by atoms with Gasteiger partial charge in [-0.05, 0) is 103 Å². The van der Waals surface area contributed by atoms with Gasteiger partial charge in [-0.2, -0.15) is 0 Å². The van der Waals surface area contributed by atoms with Gasteiger partial charge in [0.1, 0.15) is 22.8 Å². The van der Waals surface area contributed by atoms with Gasteiger partial charge < -0.3 is 24.7 Å². The molecule has 9 heteroatoms. The van der Waals surface area contributed by atoms with E-state index in [0.717, 1.165) is 79.7 Å². The fourth-order valence-corrected chi connectivity index (χ4v) is 5.95. The quantitative estimate of drug-likeness (QED) is 0.426. The van der Waals surface area contributed by atoms with Crippen molar-refractivity contribution in [2.45, 2.75) is 38.6 Å². The van der Waals surface area contributed by atoms with E-state index in [9.17, 15) is 4.79 Å². The summed E-state index contributed by atoms with van der Waals surface area (Å²) < 4.78 is 17.5. The monoisotopic (exact) mass is 503 g/mol. The lowest BCUT2D eigenvalue weighted by molar-refractivity contribution is -0.121. The molecule has 2 fully saturated rings. The molecule has 37 heavy (non-hydrogen) atoms. The van der Waals surface area contributed by atoms with E-state index in [4.69, 9.17) is 0 Å². The number of amides is 1. The van der Waals surface area contributed by atoms with E-state index < -0.39 is 0 Å². The second-order valence-corrected chi connectivity index (χ2v) is 10.8. The van der Waals surface area contributed by atoms with E-state index in [1.54, 1.807) is 6.07 Å². The minimum atomic E-state index is -0.313. The highest BCUT2D eigenvalue weighted by atomic mass is 19.1. The first-order valence-electron chi connectivity index (χ1n) is 13.2. The molecule has 0 aliphatic carbocycles. The maximum absolute atomic E-state index is 15.3. The zero-order chi connectivity index (χ0) is 25.7. The molecule has 2 aliphatic rings. The Labute approximate surface area is 215 Å². The number of imidazole rings is 1. The third-order valence-electron chi connectivity index (χ3n) is 8.17. The van der Waals surface area contributed by atoms with Crippen molar-refractivity contribution in [2.75, 3.05) is 45.6 Å². The van der Waals surface area contributed by atoms with Crippen LogP contribution in [0, 0.1) is 18.7 Å². The van der Waals surface area contributed by atoms with E-state index in [-0.39, 0.29) is 17.6 Å². The molecule has 0 unspecified atom stereocenters. The van der Waals surface area contributed by atoms with E-state index in [1.807, 2.05) is 25.3 Å². The molecule has 8 nitrogen and oxygen atoms in total. The standard InChI is InChI=1S/C28H34FN7O/c1-17-31-26-23(29)14-19(15-24(26)36(17)20-8-12-35(3)13-9-20)22-16-30-27-21(22)4-5-25(32-27)33-28(37)18-6-10-34(2)11-7-18/h4-5,14-16,18,20H,6-13H2,1-3H3,(H2,30,32,33,37). The summed E-state index contributed by atoms with van der Waals surface area (Å²) >= 11 is 0. The highest BCUT2D eigenvalue weighted by Crippen LogP contribution is 2.35. The molecule has 0 atom stereocenters. The smallest absolute Gasteiger partial charge is 0.228 e. The van der Waals surface area contributed by atoms with Crippen LogP contribution in [0.25, 0.3) is 33.2 Å². The van der Waals surface area contributed by atoms with Gasteiger partial charge >= 0.3 is 0 Å². The summed E-state index contributed by atoms with van der Waals surface area (Å²) in [6, 6.07) is 7.70. The average Bonchev–Trinajstić information content (AvgIpc) is 3.45. The van der Waals surface area contributed by atoms with Crippen molar-refractivity contribution in [3.63, 3.8) is 0 Å². The summed E-state index contributed by atoms with van der Waals surface area (Å²) in [5.74, 6) is 1.11. The van der Waals surface area contributed by atoms with Gasteiger partial charge in [-0.3, -0.25) is 4.79 Å². The number of piperidine rings is 2. The van der Waals surface area contributed by atoms with Crippen molar-refractivity contribution in [3.8, 4) is 11.1 Å². The molecule has 1 aromatic carbocycles. The number of halogens is 1. The van der Waals surface area contributed by atoms with Gasteiger partial charge in [-0.25, -0.2) is 14.4 Å². The Kier molecular flexibility index (Phi) is 6.20. The minimum Gasteiger partial charge on any atom is -0.345 e. The van der Waals surface area contributed by atoms with Crippen molar-refractivity contribution in [1.82, 2.24) is 29.3 Å². The normalized spacial score (nSPS) is 18.7. The topological polar surface area (TPSA) is 82.1 Å². The molecule has 4 aromatic rings. The Morgan fingerprint density at radius 1 is 1.03 bits per heavy atom. The van der Waals surface area contributed by atoms with Crippen LogP contribution >= 0.6 is 0 Å². The van der Waals surface area contributed by atoms with Gasteiger partial charge in [0.25, 0.3) is 0 Å². The molecule has 2 aliphatic heterocycles. The van der Waals surface area contributed by atoms with Crippen LogP contribution in [0.4, 0.5) is 10.2 Å². The maximum Gasteiger partial charge on any atom is 0.228 e. The highest BCUT2D eigenvalue weighted by Gasteiger charge is 2.25. The van der Waals surface area contributed by atoms with Crippen LogP contribution in [0.1, 0.15) is 37.5 Å². The number of likely N-dealkylation sites (tertiary alicyclic amines) is 2. The number of carbonyl (C=O) groups excluding carboxylic acids is 1. The summed E-state index contributed by atoms with van der Waals surface area (Å²) in [4.78, 5) is 29.8. The van der Waals surface area contributed by atoms with Crippen LogP contribution in [0.2, 0.25) is 0 Å². The number of aromatic nitrogens is 4. The zero-order valence-electron chi connectivity index (χ0n) is 21.7. The van der Waals surface area contributed by atoms with Crippen LogP contribution in [0.15, 0.2) is 30.5 Å². The van der Waals surface area contributed by atoms with Gasteiger partial charge in [0, 0.05) is 29.1 Å². The van der Waals surface area contributed by atoms with Crippen LogP contribution in [-0.4, -0.2) is 75.5 Å². The lowest BCUT2D eigenvalue weighted by atomic mass is 9.96. The number of hydrogen-bond donors (Lipinski definition) is 2. The summed E-state index contributed by atoms with van der Waals surface area (Å²) in [6.07, 6.45) is 5.64. The molecule has 5 heterocycles. The molecular weight excluding hydrogens is 469 g/mol. The number of aryl methyl sites for hydroxylation is 1. The van der Waals surface area contributed by atoms with E-state index >= 15 is 4.39 Å². The number of benzene rings is 1. The molecule has 1 amide bonds. The molecule has 2 N–H and O–H groups in total. The van der Waals surface area contributed by atoms with Crippen molar-refractivity contribution >= 4 is 33.8 Å². The average molecular weight is 504 g/mol. The van der Waals surface area contributed by atoms with E-state index in [1.165, 1.54) is 0 Å². The van der Waals surface area contributed by atoms with Crippen molar-refractivity contribution in [3.05, 3.63) is 42.1 Å². The molecule has 3 aromatic heterocycles. The number of carbonyl (C=O) groups is 1. The first kappa shape index (κ1) is 24.1. The van der Waals surface area contributed by atoms with Gasteiger partial charge in [0.2, 0.25) is 5.91 Å². The third kappa shape index (κ3) is 4.51. The second-order valence-electron chi connectivity index (χ2n) is 10.8. The SMILES string of the molecule is Cc1nc2c(F)cc(-c3c[nH]c4nc(NC(=O)C5CCN(C)CC5)ccc34)cc2n1C1CCN(C)CC1. The van der Waals surface area contributed by atoms with Gasteiger partial charge in [-0.15, -0.1) is 0 Å². The van der Waals surface area contributed by atoms with Gasteiger partial charge in [-0.1, -0.05) is 0 Å². The fourth-order valence-electron chi connectivity index (χ4n) is 5.95. The molecule has 0 saturated carbocycles. The number of H-pyrrole nitrogens is 1. The Morgan fingerprint density at radius 2 is 1.73 bits per heavy atom. The molecule has 2 saturated heterocycles. The van der Waals surface area contributed by atoms with Crippen LogP contribution < -0.4 is 5.32 Å². The lowest BCUT2D eigenvalue weighted by Crippen LogP contribution is -2.36. The van der Waals surface area contributed by atoms with Crippen molar-refractivity contribution < 1.29 is 9.18 Å². The number of rotatable bonds is 4.